The molecule has 1 aliphatic rings. The second kappa shape index (κ2) is 5.58. The summed E-state index contributed by atoms with van der Waals surface area (Å²) in [5, 5.41) is 0. The van der Waals surface area contributed by atoms with Crippen molar-refractivity contribution in [1.29, 1.82) is 0 Å². The van der Waals surface area contributed by atoms with E-state index < -0.39 is 0 Å². The molecule has 4 heteroatoms. The molecule has 0 N–H and O–H groups in total. The molecule has 1 aromatic carbocycles. The highest BCUT2D eigenvalue weighted by molar-refractivity contribution is 5.96. The lowest BCUT2D eigenvalue weighted by atomic mass is 10.1. The van der Waals surface area contributed by atoms with E-state index in [4.69, 9.17) is 16.0 Å². The van der Waals surface area contributed by atoms with Gasteiger partial charge in [0.2, 0.25) is 0 Å². The fourth-order valence-electron chi connectivity index (χ4n) is 1.69. The van der Waals surface area contributed by atoms with Gasteiger partial charge < -0.3 is 9.47 Å². The van der Waals surface area contributed by atoms with Gasteiger partial charge in [-0.15, -0.1) is 0 Å². The van der Waals surface area contributed by atoms with Crippen molar-refractivity contribution in [3.05, 3.63) is 41.2 Å². The highest BCUT2D eigenvalue weighted by atomic mass is 16.7. The molecule has 1 heterocycles. The van der Waals surface area contributed by atoms with Crippen LogP contribution in [0, 0.1) is 6.57 Å². The number of nitrogens with zero attached hydrogens (tertiary/aromatic N) is 1. The van der Waals surface area contributed by atoms with Gasteiger partial charge in [-0.25, -0.2) is 4.85 Å². The zero-order valence-electron chi connectivity index (χ0n) is 9.39. The van der Waals surface area contributed by atoms with Crippen LogP contribution in [0.2, 0.25) is 0 Å². The van der Waals surface area contributed by atoms with Crippen molar-refractivity contribution in [2.45, 2.75) is 19.1 Å². The molecular formula is C13H13NO3. The third-order valence-corrected chi connectivity index (χ3v) is 2.62. The molecular weight excluding hydrogens is 218 g/mol. The van der Waals surface area contributed by atoms with Crippen molar-refractivity contribution >= 4 is 11.5 Å². The highest BCUT2D eigenvalue weighted by Crippen LogP contribution is 2.16. The molecule has 0 amide bonds. The number of carbonyl (C=O) groups is 1. The van der Waals surface area contributed by atoms with Gasteiger partial charge in [-0.3, -0.25) is 4.79 Å². The summed E-state index contributed by atoms with van der Waals surface area (Å²) in [6.45, 7) is 8.04. The number of benzene rings is 1. The minimum absolute atomic E-state index is 0.0561. The number of ketones is 1. The van der Waals surface area contributed by atoms with E-state index in [0.717, 1.165) is 0 Å². The Morgan fingerprint density at radius 3 is 2.53 bits per heavy atom. The fraction of sp³-hybridized carbons (Fsp3) is 0.385. The first kappa shape index (κ1) is 11.8. The Bertz CT molecular complexity index is 427. The third kappa shape index (κ3) is 3.13. The summed E-state index contributed by atoms with van der Waals surface area (Å²) in [5.74, 6) is 0.0561. The number of rotatable bonds is 4. The van der Waals surface area contributed by atoms with Crippen LogP contribution in [0.15, 0.2) is 24.3 Å². The second-order valence-electron chi connectivity index (χ2n) is 3.79. The van der Waals surface area contributed by atoms with Crippen LogP contribution in [0.25, 0.3) is 4.85 Å². The number of hydrogen-bond donors (Lipinski definition) is 0. The van der Waals surface area contributed by atoms with Crippen LogP contribution in [0.4, 0.5) is 5.69 Å². The van der Waals surface area contributed by atoms with E-state index in [-0.39, 0.29) is 12.1 Å². The van der Waals surface area contributed by atoms with Crippen molar-refractivity contribution in [2.75, 3.05) is 13.2 Å². The molecule has 17 heavy (non-hydrogen) atoms. The standard InChI is InChI=1S/C13H13NO3/c1-14-11-4-2-10(3-5-11)12(15)6-7-13-16-8-9-17-13/h2-5,13H,6-9H2. The van der Waals surface area contributed by atoms with E-state index in [1.807, 2.05) is 0 Å². The molecule has 0 bridgehead atoms. The molecule has 0 aliphatic carbocycles. The molecule has 1 saturated heterocycles. The van der Waals surface area contributed by atoms with Crippen LogP contribution in [0.3, 0.4) is 0 Å². The zero-order valence-corrected chi connectivity index (χ0v) is 9.39. The Balaban J connectivity index is 1.88. The lowest BCUT2D eigenvalue weighted by Gasteiger charge is -2.07. The average molecular weight is 231 g/mol. The number of carbonyl (C=O) groups excluding carboxylic acids is 1. The van der Waals surface area contributed by atoms with Gasteiger partial charge in [-0.05, 0) is 0 Å². The van der Waals surface area contributed by atoms with Crippen molar-refractivity contribution in [2.24, 2.45) is 0 Å². The van der Waals surface area contributed by atoms with E-state index in [2.05, 4.69) is 4.85 Å². The Kier molecular flexibility index (Phi) is 3.86. The van der Waals surface area contributed by atoms with E-state index in [1.54, 1.807) is 24.3 Å². The predicted molar refractivity (Wildman–Crippen MR) is 62.0 cm³/mol. The molecule has 1 aromatic rings. The predicted octanol–water partition coefficient (Wildman–Crippen LogP) is 2.57. The average Bonchev–Trinajstić information content (AvgIpc) is 2.89. The molecule has 0 saturated carbocycles. The summed E-state index contributed by atoms with van der Waals surface area (Å²) in [7, 11) is 0. The second-order valence-corrected chi connectivity index (χ2v) is 3.79. The van der Waals surface area contributed by atoms with Crippen LogP contribution >= 0.6 is 0 Å². The van der Waals surface area contributed by atoms with Crippen LogP contribution in [-0.4, -0.2) is 25.3 Å². The lowest BCUT2D eigenvalue weighted by Crippen LogP contribution is -2.10. The van der Waals surface area contributed by atoms with Gasteiger partial charge in [0.15, 0.2) is 17.8 Å². The van der Waals surface area contributed by atoms with Gasteiger partial charge in [0.1, 0.15) is 0 Å². The number of Topliss-reactive ketones (excluding diaryl/α,β-unsaturated/α-hetero) is 1. The van der Waals surface area contributed by atoms with Gasteiger partial charge in [0, 0.05) is 18.4 Å². The molecule has 2 rings (SSSR count). The molecule has 1 fully saturated rings. The Labute approximate surface area is 100.0 Å². The Hall–Kier alpha value is -1.70. The van der Waals surface area contributed by atoms with Gasteiger partial charge in [-0.2, -0.15) is 0 Å². The van der Waals surface area contributed by atoms with Gasteiger partial charge in [0.05, 0.1) is 19.8 Å². The van der Waals surface area contributed by atoms with Crippen molar-refractivity contribution in [3.8, 4) is 0 Å². The molecule has 0 radical (unpaired) electrons. The van der Waals surface area contributed by atoms with Crippen LogP contribution in [0.5, 0.6) is 0 Å². The molecule has 0 atom stereocenters. The maximum absolute atomic E-state index is 11.8. The third-order valence-electron chi connectivity index (χ3n) is 2.62. The Morgan fingerprint density at radius 2 is 1.94 bits per heavy atom. The van der Waals surface area contributed by atoms with E-state index in [1.165, 1.54) is 0 Å². The summed E-state index contributed by atoms with van der Waals surface area (Å²) in [6, 6.07) is 6.68. The first-order valence-corrected chi connectivity index (χ1v) is 5.53. The molecule has 0 spiro atoms. The molecule has 1 aliphatic heterocycles. The molecule has 0 aromatic heterocycles. The van der Waals surface area contributed by atoms with Crippen molar-refractivity contribution < 1.29 is 14.3 Å². The normalized spacial score (nSPS) is 15.7. The maximum atomic E-state index is 11.8. The largest absolute Gasteiger partial charge is 0.350 e. The van der Waals surface area contributed by atoms with Crippen LogP contribution < -0.4 is 0 Å². The summed E-state index contributed by atoms with van der Waals surface area (Å²) in [4.78, 5) is 15.1. The van der Waals surface area contributed by atoms with Gasteiger partial charge >= 0.3 is 0 Å². The zero-order chi connectivity index (χ0) is 12.1. The van der Waals surface area contributed by atoms with Crippen LogP contribution in [-0.2, 0) is 9.47 Å². The molecule has 4 nitrogen and oxygen atoms in total. The summed E-state index contributed by atoms with van der Waals surface area (Å²) in [5.41, 5.74) is 1.18. The first-order chi connectivity index (χ1) is 8.29. The Morgan fingerprint density at radius 1 is 1.29 bits per heavy atom. The molecule has 88 valence electrons. The fourth-order valence-corrected chi connectivity index (χ4v) is 1.69. The number of ether oxygens (including phenoxy) is 2. The topological polar surface area (TPSA) is 39.9 Å². The smallest absolute Gasteiger partial charge is 0.187 e. The summed E-state index contributed by atoms with van der Waals surface area (Å²) >= 11 is 0. The molecule has 0 unspecified atom stereocenters. The van der Waals surface area contributed by atoms with E-state index in [0.29, 0.717) is 37.3 Å². The minimum Gasteiger partial charge on any atom is -0.350 e. The van der Waals surface area contributed by atoms with Crippen molar-refractivity contribution in [1.82, 2.24) is 0 Å². The first-order valence-electron chi connectivity index (χ1n) is 5.53. The maximum Gasteiger partial charge on any atom is 0.187 e. The SMILES string of the molecule is [C-]#[N+]c1ccc(C(=O)CCC2OCCO2)cc1. The minimum atomic E-state index is -0.235. The van der Waals surface area contributed by atoms with E-state index >= 15 is 0 Å². The van der Waals surface area contributed by atoms with E-state index in [9.17, 15) is 4.79 Å². The number of hydrogen-bond acceptors (Lipinski definition) is 3. The van der Waals surface area contributed by atoms with Gasteiger partial charge in [-0.1, -0.05) is 24.3 Å². The summed E-state index contributed by atoms with van der Waals surface area (Å²) in [6.07, 6.45) is 0.757. The van der Waals surface area contributed by atoms with Crippen LogP contribution in [0.1, 0.15) is 23.2 Å². The quantitative estimate of drug-likeness (QED) is 0.590. The summed E-state index contributed by atoms with van der Waals surface area (Å²) < 4.78 is 10.5. The lowest BCUT2D eigenvalue weighted by molar-refractivity contribution is -0.0464. The van der Waals surface area contributed by atoms with Gasteiger partial charge in [0.25, 0.3) is 0 Å². The van der Waals surface area contributed by atoms with Crippen molar-refractivity contribution in [3.63, 3.8) is 0 Å². The highest BCUT2D eigenvalue weighted by Gasteiger charge is 2.17. The monoisotopic (exact) mass is 231 g/mol.